The Morgan fingerprint density at radius 1 is 1.26 bits per heavy atom. The SMILES string of the molecule is C/C(=C\[C@@H](O)C/C(C)=C/CCCC(=O)CO)CC[C@@H](O)[C@]1(C)CCC(=O)O1. The van der Waals surface area contributed by atoms with Gasteiger partial charge in [0, 0.05) is 12.8 Å². The van der Waals surface area contributed by atoms with Crippen LogP contribution in [0.1, 0.15) is 72.1 Å². The molecule has 1 aliphatic heterocycles. The van der Waals surface area contributed by atoms with Crippen LogP contribution in [-0.4, -0.2) is 51.5 Å². The van der Waals surface area contributed by atoms with Crippen LogP contribution in [0.2, 0.25) is 0 Å². The Morgan fingerprint density at radius 3 is 2.56 bits per heavy atom. The van der Waals surface area contributed by atoms with Crippen molar-refractivity contribution in [2.45, 2.75) is 89.9 Å². The Labute approximate surface area is 161 Å². The lowest BCUT2D eigenvalue weighted by Gasteiger charge is -2.28. The van der Waals surface area contributed by atoms with Gasteiger partial charge >= 0.3 is 5.97 Å². The number of esters is 1. The number of cyclic esters (lactones) is 1. The van der Waals surface area contributed by atoms with Crippen molar-refractivity contribution in [3.63, 3.8) is 0 Å². The average Bonchev–Trinajstić information content (AvgIpc) is 2.96. The summed E-state index contributed by atoms with van der Waals surface area (Å²) in [6.07, 6.45) is 6.81. The first kappa shape index (κ1) is 23.5. The molecule has 6 heteroatoms. The van der Waals surface area contributed by atoms with Crippen LogP contribution in [0.15, 0.2) is 23.3 Å². The van der Waals surface area contributed by atoms with Gasteiger partial charge in [-0.2, -0.15) is 0 Å². The Kier molecular flexibility index (Phi) is 9.91. The maximum absolute atomic E-state index is 11.3. The topological polar surface area (TPSA) is 104 Å². The fourth-order valence-corrected chi connectivity index (χ4v) is 3.23. The second kappa shape index (κ2) is 11.4. The standard InChI is InChI=1S/C21H34O6/c1-15(6-4-5-7-17(23)14-22)12-18(24)13-16(2)8-9-19(25)21(3)11-10-20(26)27-21/h6,13,18-19,22,24-25H,4-5,7-12,14H2,1-3H3/b15-6+,16-13+/t18-,19+,21-/m0/s1. The molecule has 0 aliphatic carbocycles. The second-order valence-corrected chi connectivity index (χ2v) is 7.77. The molecule has 0 aromatic carbocycles. The van der Waals surface area contributed by atoms with Crippen LogP contribution in [0.5, 0.6) is 0 Å². The first-order valence-corrected chi connectivity index (χ1v) is 9.69. The predicted octanol–water partition coefficient (Wildman–Crippen LogP) is 2.60. The van der Waals surface area contributed by atoms with Crippen LogP contribution in [0.4, 0.5) is 0 Å². The van der Waals surface area contributed by atoms with E-state index in [9.17, 15) is 19.8 Å². The van der Waals surface area contributed by atoms with Crippen LogP contribution in [0, 0.1) is 0 Å². The van der Waals surface area contributed by atoms with E-state index in [2.05, 4.69) is 0 Å². The molecular weight excluding hydrogens is 348 g/mol. The van der Waals surface area contributed by atoms with Crippen molar-refractivity contribution in [2.75, 3.05) is 6.61 Å². The molecule has 27 heavy (non-hydrogen) atoms. The van der Waals surface area contributed by atoms with E-state index in [1.54, 1.807) is 13.0 Å². The zero-order valence-electron chi connectivity index (χ0n) is 16.7. The third kappa shape index (κ3) is 8.82. The molecule has 0 unspecified atom stereocenters. The van der Waals surface area contributed by atoms with Gasteiger partial charge < -0.3 is 20.1 Å². The van der Waals surface area contributed by atoms with E-state index in [-0.39, 0.29) is 11.8 Å². The number of carbonyl (C=O) groups is 2. The first-order valence-electron chi connectivity index (χ1n) is 9.69. The smallest absolute Gasteiger partial charge is 0.306 e. The van der Waals surface area contributed by atoms with Crippen LogP contribution in [-0.2, 0) is 14.3 Å². The number of allylic oxidation sites excluding steroid dienone is 2. The van der Waals surface area contributed by atoms with Crippen molar-refractivity contribution in [1.29, 1.82) is 0 Å². The molecule has 1 fully saturated rings. The van der Waals surface area contributed by atoms with Gasteiger partial charge in [-0.3, -0.25) is 9.59 Å². The number of hydrogen-bond acceptors (Lipinski definition) is 6. The summed E-state index contributed by atoms with van der Waals surface area (Å²) in [5, 5.41) is 29.2. The number of aliphatic hydroxyl groups is 3. The Hall–Kier alpha value is -1.50. The minimum absolute atomic E-state index is 0.150. The highest BCUT2D eigenvalue weighted by Crippen LogP contribution is 2.32. The van der Waals surface area contributed by atoms with Gasteiger partial charge in [0.2, 0.25) is 0 Å². The van der Waals surface area contributed by atoms with E-state index < -0.39 is 24.4 Å². The highest BCUT2D eigenvalue weighted by molar-refractivity contribution is 5.79. The van der Waals surface area contributed by atoms with Gasteiger partial charge in [0.05, 0.1) is 12.2 Å². The highest BCUT2D eigenvalue weighted by Gasteiger charge is 2.41. The van der Waals surface area contributed by atoms with Gasteiger partial charge in [0.25, 0.3) is 0 Å². The molecule has 6 nitrogen and oxygen atoms in total. The van der Waals surface area contributed by atoms with Crippen LogP contribution in [0.25, 0.3) is 0 Å². The number of carbonyl (C=O) groups excluding carboxylic acids is 2. The van der Waals surface area contributed by atoms with E-state index in [4.69, 9.17) is 9.84 Å². The molecule has 3 atom stereocenters. The maximum Gasteiger partial charge on any atom is 0.306 e. The summed E-state index contributed by atoms with van der Waals surface area (Å²) < 4.78 is 5.25. The van der Waals surface area contributed by atoms with Crippen LogP contribution >= 0.6 is 0 Å². The Bertz CT molecular complexity index is 565. The summed E-state index contributed by atoms with van der Waals surface area (Å²) in [5.74, 6) is -0.412. The van der Waals surface area contributed by atoms with Gasteiger partial charge in [-0.1, -0.05) is 23.3 Å². The molecule has 154 valence electrons. The molecule has 1 heterocycles. The third-order valence-electron chi connectivity index (χ3n) is 5.03. The molecule has 1 saturated heterocycles. The molecule has 0 aromatic heterocycles. The Morgan fingerprint density at radius 2 is 1.96 bits per heavy atom. The highest BCUT2D eigenvalue weighted by atomic mass is 16.6. The molecule has 0 amide bonds. The largest absolute Gasteiger partial charge is 0.457 e. The number of unbranched alkanes of at least 4 members (excludes halogenated alkanes) is 1. The van der Waals surface area contributed by atoms with Gasteiger partial charge in [0.1, 0.15) is 12.2 Å². The molecule has 0 radical (unpaired) electrons. The van der Waals surface area contributed by atoms with Gasteiger partial charge in [-0.15, -0.1) is 0 Å². The van der Waals surface area contributed by atoms with Crippen molar-refractivity contribution < 1.29 is 29.6 Å². The summed E-state index contributed by atoms with van der Waals surface area (Å²) in [7, 11) is 0. The number of hydrogen-bond donors (Lipinski definition) is 3. The van der Waals surface area contributed by atoms with E-state index in [0.29, 0.717) is 44.9 Å². The lowest BCUT2D eigenvalue weighted by molar-refractivity contribution is -0.156. The zero-order chi connectivity index (χ0) is 20.4. The Balaban J connectivity index is 2.36. The molecule has 1 rings (SSSR count). The van der Waals surface area contributed by atoms with Gasteiger partial charge in [-0.25, -0.2) is 0 Å². The monoisotopic (exact) mass is 382 g/mol. The van der Waals surface area contributed by atoms with Crippen molar-refractivity contribution >= 4 is 11.8 Å². The lowest BCUT2D eigenvalue weighted by Crippen LogP contribution is -2.39. The number of Topliss-reactive ketones (excluding diaryl/α,β-unsaturated/α-hetero) is 1. The first-order chi connectivity index (χ1) is 12.7. The maximum atomic E-state index is 11.3. The van der Waals surface area contributed by atoms with E-state index in [1.165, 1.54) is 0 Å². The van der Waals surface area contributed by atoms with Gasteiger partial charge in [-0.05, 0) is 59.3 Å². The predicted molar refractivity (Wildman–Crippen MR) is 103 cm³/mol. The zero-order valence-corrected chi connectivity index (χ0v) is 16.7. The minimum Gasteiger partial charge on any atom is -0.457 e. The van der Waals surface area contributed by atoms with E-state index >= 15 is 0 Å². The molecule has 0 spiro atoms. The summed E-state index contributed by atoms with van der Waals surface area (Å²) in [4.78, 5) is 22.3. The minimum atomic E-state index is -0.799. The van der Waals surface area contributed by atoms with E-state index in [1.807, 2.05) is 19.9 Å². The van der Waals surface area contributed by atoms with Crippen LogP contribution in [0.3, 0.4) is 0 Å². The summed E-state index contributed by atoms with van der Waals surface area (Å²) in [6.45, 7) is 5.22. The van der Waals surface area contributed by atoms with Gasteiger partial charge in [0.15, 0.2) is 5.78 Å². The second-order valence-electron chi connectivity index (χ2n) is 7.77. The van der Waals surface area contributed by atoms with Crippen molar-refractivity contribution in [3.05, 3.63) is 23.3 Å². The lowest BCUT2D eigenvalue weighted by atomic mass is 9.91. The summed E-state index contributed by atoms with van der Waals surface area (Å²) in [5.41, 5.74) is 1.23. The number of rotatable bonds is 12. The number of ketones is 1. The third-order valence-corrected chi connectivity index (χ3v) is 5.03. The fraction of sp³-hybridized carbons (Fsp3) is 0.714. The molecule has 0 bridgehead atoms. The molecule has 0 saturated carbocycles. The fourth-order valence-electron chi connectivity index (χ4n) is 3.23. The van der Waals surface area contributed by atoms with Crippen molar-refractivity contribution in [3.8, 4) is 0 Å². The summed E-state index contributed by atoms with van der Waals surface area (Å²) >= 11 is 0. The van der Waals surface area contributed by atoms with Crippen molar-refractivity contribution in [2.24, 2.45) is 0 Å². The van der Waals surface area contributed by atoms with Crippen LogP contribution < -0.4 is 0 Å². The number of aliphatic hydroxyl groups excluding tert-OH is 3. The molecular formula is C21H34O6. The molecule has 3 N–H and O–H groups in total. The quantitative estimate of drug-likeness (QED) is 0.272. The number of ether oxygens (including phenoxy) is 1. The van der Waals surface area contributed by atoms with E-state index in [0.717, 1.165) is 17.6 Å². The molecule has 0 aromatic rings. The normalized spacial score (nSPS) is 23.3. The average molecular weight is 382 g/mol. The van der Waals surface area contributed by atoms with Crippen molar-refractivity contribution in [1.82, 2.24) is 0 Å². The summed E-state index contributed by atoms with van der Waals surface area (Å²) in [6, 6.07) is 0. The molecule has 1 aliphatic rings.